The van der Waals surface area contributed by atoms with Crippen LogP contribution < -0.4 is 40.3 Å². The summed E-state index contributed by atoms with van der Waals surface area (Å²) >= 11 is 10.1. The van der Waals surface area contributed by atoms with Gasteiger partial charge in [-0.2, -0.15) is 0 Å². The Bertz CT molecular complexity index is 273. The number of hydrogen-bond acceptors (Lipinski definition) is 3. The van der Waals surface area contributed by atoms with Crippen molar-refractivity contribution in [3.63, 3.8) is 0 Å². The van der Waals surface area contributed by atoms with Gasteiger partial charge in [-0.25, -0.2) is 4.98 Å². The van der Waals surface area contributed by atoms with Crippen LogP contribution in [0.4, 0.5) is 5.82 Å². The Morgan fingerprint density at radius 3 is 2.70 bits per heavy atom. The average molecular weight is 184 g/mol. The van der Waals surface area contributed by atoms with E-state index in [1.807, 2.05) is 0 Å². The van der Waals surface area contributed by atoms with Crippen LogP contribution in [-0.4, -0.2) is 4.98 Å². The minimum Gasteiger partial charge on any atom is -0.649 e. The van der Waals surface area contributed by atoms with Crippen LogP contribution in [0.25, 0.3) is 0 Å². The summed E-state index contributed by atoms with van der Waals surface area (Å²) < 4.78 is 0.291. The van der Waals surface area contributed by atoms with Gasteiger partial charge in [0.05, 0.1) is 0 Å². The third-order valence-corrected chi connectivity index (χ3v) is 1.23. The number of anilines is 1. The molecule has 0 aliphatic carbocycles. The fraction of sp³-hybridized carbons (Fsp3) is 0. The summed E-state index contributed by atoms with van der Waals surface area (Å²) in [5.41, 5.74) is 5.26. The third kappa shape index (κ3) is 2.56. The van der Waals surface area contributed by atoms with E-state index in [0.717, 1.165) is 0 Å². The molecule has 0 saturated carbocycles. The van der Waals surface area contributed by atoms with Crippen molar-refractivity contribution in [3.8, 4) is 0 Å². The zero-order chi connectivity index (χ0) is 6.85. The number of hydrogen-bond donors (Lipinski definition) is 1. The van der Waals surface area contributed by atoms with Crippen molar-refractivity contribution in [2.24, 2.45) is 0 Å². The molecule has 1 aromatic rings. The molecule has 0 aliphatic heterocycles. The van der Waals surface area contributed by atoms with Gasteiger partial charge in [0.2, 0.25) is 0 Å². The van der Waals surface area contributed by atoms with Gasteiger partial charge in [-0.1, -0.05) is 11.6 Å². The van der Waals surface area contributed by atoms with E-state index in [0.29, 0.717) is 4.64 Å². The molecule has 0 fully saturated rings. The van der Waals surface area contributed by atoms with Gasteiger partial charge in [0.1, 0.15) is 11.0 Å². The van der Waals surface area contributed by atoms with Crippen LogP contribution in [-0.2, 0) is 0 Å². The van der Waals surface area contributed by atoms with Crippen LogP contribution in [0, 0.1) is 4.64 Å². The van der Waals surface area contributed by atoms with Crippen LogP contribution in [0.2, 0.25) is 5.15 Å². The standard InChI is InChI=1S/C4H4ClN3S.Na/c5-2-1-7-4(9)3(6)8-2;/h1H,(H3,6,7,8,9);/q;+1/p-1. The van der Waals surface area contributed by atoms with Crippen molar-refractivity contribution < 1.29 is 29.6 Å². The Morgan fingerprint density at radius 2 is 2.30 bits per heavy atom. The van der Waals surface area contributed by atoms with Gasteiger partial charge < -0.3 is 10.7 Å². The Hall–Kier alpha value is 0.390. The molecule has 0 radical (unpaired) electrons. The second kappa shape index (κ2) is 4.31. The number of halogens is 1. The summed E-state index contributed by atoms with van der Waals surface area (Å²) in [7, 11) is 0. The predicted molar refractivity (Wildman–Crippen MR) is 37.8 cm³/mol. The van der Waals surface area contributed by atoms with E-state index in [2.05, 4.69) is 22.2 Å². The molecule has 0 unspecified atom stereocenters. The molecule has 1 heterocycles. The van der Waals surface area contributed by atoms with Gasteiger partial charge in [-0.05, 0) is 4.64 Å². The van der Waals surface area contributed by atoms with Gasteiger partial charge in [0, 0.05) is 0 Å². The summed E-state index contributed by atoms with van der Waals surface area (Å²) in [5, 5.41) is 0.265. The van der Waals surface area contributed by atoms with Crippen LogP contribution in [0.3, 0.4) is 0 Å². The molecule has 0 spiro atoms. The molecule has 2 N–H and O–H groups in total. The normalized spacial score (nSPS) is 8.50. The van der Waals surface area contributed by atoms with Crippen LogP contribution >= 0.6 is 23.8 Å². The van der Waals surface area contributed by atoms with E-state index < -0.39 is 0 Å². The summed E-state index contributed by atoms with van der Waals surface area (Å²) in [6, 6.07) is 0. The maximum Gasteiger partial charge on any atom is 1.00 e. The van der Waals surface area contributed by atoms with Gasteiger partial charge in [-0.3, -0.25) is 0 Å². The molecule has 10 heavy (non-hydrogen) atoms. The van der Waals surface area contributed by atoms with E-state index in [1.165, 1.54) is 6.20 Å². The van der Waals surface area contributed by atoms with Crippen molar-refractivity contribution in [2.45, 2.75) is 0 Å². The van der Waals surface area contributed by atoms with E-state index in [1.54, 1.807) is 0 Å². The Kier molecular flexibility index (Phi) is 4.47. The molecule has 1 aromatic heterocycles. The smallest absolute Gasteiger partial charge is 0.649 e. The molecule has 48 valence electrons. The molecular weight excluding hydrogens is 181 g/mol. The Labute approximate surface area is 90.3 Å². The minimum atomic E-state index is 0. The van der Waals surface area contributed by atoms with Gasteiger partial charge in [0.25, 0.3) is 0 Å². The summed E-state index contributed by atoms with van der Waals surface area (Å²) in [4.78, 5) is 7.32. The van der Waals surface area contributed by atoms with Crippen LogP contribution in [0.15, 0.2) is 6.20 Å². The largest absolute Gasteiger partial charge is 1.00 e. The van der Waals surface area contributed by atoms with Gasteiger partial charge >= 0.3 is 29.6 Å². The van der Waals surface area contributed by atoms with E-state index in [-0.39, 0.29) is 40.5 Å². The fourth-order valence-electron chi connectivity index (χ4n) is 0.370. The molecule has 0 bridgehead atoms. The molecular formula is C4H3ClN3NaS. The topological polar surface area (TPSA) is 53.0 Å². The number of aromatic nitrogens is 2. The zero-order valence-electron chi connectivity index (χ0n) is 5.34. The Morgan fingerprint density at radius 1 is 1.70 bits per heavy atom. The second-order valence-corrected chi connectivity index (χ2v) is 2.16. The first-order valence-corrected chi connectivity index (χ1v) is 2.94. The van der Waals surface area contributed by atoms with Crippen molar-refractivity contribution in [1.29, 1.82) is 0 Å². The summed E-state index contributed by atoms with van der Waals surface area (Å²) in [5.74, 6) is 0.206. The molecule has 0 atom stereocenters. The fourth-order valence-corrected chi connectivity index (χ4v) is 0.608. The maximum absolute atomic E-state index is 5.42. The minimum absolute atomic E-state index is 0. The van der Waals surface area contributed by atoms with Crippen molar-refractivity contribution in [3.05, 3.63) is 16.0 Å². The average Bonchev–Trinajstić information content (AvgIpc) is 1.80. The SMILES string of the molecule is Nc1nc(Cl)c[n-]c1=S.[Na+]. The third-order valence-electron chi connectivity index (χ3n) is 0.735. The number of nitrogens with two attached hydrogens (primary N) is 1. The molecule has 6 heteroatoms. The first-order valence-electron chi connectivity index (χ1n) is 2.15. The summed E-state index contributed by atoms with van der Waals surface area (Å²) in [6.07, 6.45) is 1.36. The van der Waals surface area contributed by atoms with Crippen molar-refractivity contribution in [2.75, 3.05) is 5.73 Å². The number of nitrogen functional groups attached to an aromatic ring is 1. The molecule has 0 aromatic carbocycles. The number of rotatable bonds is 0. The van der Waals surface area contributed by atoms with Crippen molar-refractivity contribution in [1.82, 2.24) is 9.97 Å². The molecule has 1 rings (SSSR count). The zero-order valence-corrected chi connectivity index (χ0v) is 8.91. The molecule has 3 nitrogen and oxygen atoms in total. The predicted octanol–water partition coefficient (Wildman–Crippen LogP) is -1.99. The monoisotopic (exact) mass is 183 g/mol. The molecule has 0 saturated heterocycles. The van der Waals surface area contributed by atoms with Gasteiger partial charge in [-0.15, -0.1) is 18.4 Å². The first-order chi connectivity index (χ1) is 4.20. The van der Waals surface area contributed by atoms with Crippen LogP contribution in [0.5, 0.6) is 0 Å². The van der Waals surface area contributed by atoms with Crippen molar-refractivity contribution >= 4 is 29.6 Å². The second-order valence-electron chi connectivity index (χ2n) is 1.38. The van der Waals surface area contributed by atoms with E-state index in [9.17, 15) is 0 Å². The molecule has 0 amide bonds. The first kappa shape index (κ1) is 10.4. The number of nitrogens with zero attached hydrogens (tertiary/aromatic N) is 2. The quantitative estimate of drug-likeness (QED) is 0.374. The maximum atomic E-state index is 5.42. The molecule has 0 aliphatic rings. The summed E-state index contributed by atoms with van der Waals surface area (Å²) in [6.45, 7) is 0. The Balaban J connectivity index is 0.000000810. The van der Waals surface area contributed by atoms with E-state index in [4.69, 9.17) is 17.3 Å². The van der Waals surface area contributed by atoms with E-state index >= 15 is 0 Å². The van der Waals surface area contributed by atoms with Crippen LogP contribution in [0.1, 0.15) is 0 Å². The van der Waals surface area contributed by atoms with Gasteiger partial charge in [0.15, 0.2) is 0 Å².